The van der Waals surface area contributed by atoms with Crippen LogP contribution < -0.4 is 10.2 Å². The van der Waals surface area contributed by atoms with Crippen molar-refractivity contribution >= 4 is 29.4 Å². The molecule has 0 radical (unpaired) electrons. The molecule has 1 aliphatic heterocycles. The number of aryl methyl sites for hydroxylation is 1. The average Bonchev–Trinajstić information content (AvgIpc) is 3.26. The summed E-state index contributed by atoms with van der Waals surface area (Å²) in [6, 6.07) is 18.0. The van der Waals surface area contributed by atoms with Crippen molar-refractivity contribution in [2.24, 2.45) is 0 Å². The van der Waals surface area contributed by atoms with E-state index in [2.05, 4.69) is 31.1 Å². The second-order valence-corrected chi connectivity index (χ2v) is 12.0. The molecule has 2 aromatic carbocycles. The minimum absolute atomic E-state index is 0.130. The number of aromatic nitrogens is 3. The molecule has 9 heteroatoms. The van der Waals surface area contributed by atoms with Gasteiger partial charge in [-0.1, -0.05) is 50.6 Å². The van der Waals surface area contributed by atoms with Crippen LogP contribution in [0.15, 0.2) is 73.1 Å². The summed E-state index contributed by atoms with van der Waals surface area (Å²) in [5, 5.41) is 7.64. The predicted octanol–water partition coefficient (Wildman–Crippen LogP) is 5.50. The van der Waals surface area contributed by atoms with Crippen molar-refractivity contribution in [3.63, 3.8) is 0 Å². The number of anilines is 1. The van der Waals surface area contributed by atoms with Gasteiger partial charge in [0.25, 0.3) is 0 Å². The Hall–Kier alpha value is -3.98. The van der Waals surface area contributed by atoms with E-state index in [4.69, 9.17) is 5.10 Å². The second-order valence-electron chi connectivity index (χ2n) is 10.9. The molecule has 0 bridgehead atoms. The lowest BCUT2D eigenvalue weighted by Crippen LogP contribution is -2.42. The Morgan fingerprint density at radius 1 is 1.10 bits per heavy atom. The maximum absolute atomic E-state index is 14.4. The largest absolute Gasteiger partial charge is 0.350 e. The summed E-state index contributed by atoms with van der Waals surface area (Å²) in [7, 11) is 0. The van der Waals surface area contributed by atoms with Gasteiger partial charge in [-0.15, -0.1) is 11.8 Å². The van der Waals surface area contributed by atoms with E-state index in [0.717, 1.165) is 33.6 Å². The van der Waals surface area contributed by atoms with E-state index in [0.29, 0.717) is 12.4 Å². The number of hydrogen-bond donors (Lipinski definition) is 1. The van der Waals surface area contributed by atoms with Crippen LogP contribution in [0.1, 0.15) is 54.0 Å². The molecule has 4 aromatic rings. The number of carbonyl (C=O) groups is 2. The number of nitrogens with zero attached hydrogens (tertiary/aromatic N) is 4. The molecule has 0 saturated carbocycles. The molecule has 40 heavy (non-hydrogen) atoms. The lowest BCUT2D eigenvalue weighted by molar-refractivity contribution is -0.123. The van der Waals surface area contributed by atoms with E-state index in [1.165, 1.54) is 28.8 Å². The van der Waals surface area contributed by atoms with Crippen molar-refractivity contribution in [3.8, 4) is 5.69 Å². The number of rotatable bonds is 6. The smallest absolute Gasteiger partial charge is 0.240 e. The Labute approximate surface area is 237 Å². The first kappa shape index (κ1) is 27.6. The molecule has 206 valence electrons. The third-order valence-electron chi connectivity index (χ3n) is 6.77. The Kier molecular flexibility index (Phi) is 7.76. The summed E-state index contributed by atoms with van der Waals surface area (Å²) in [5.74, 6) is -0.176. The van der Waals surface area contributed by atoms with E-state index in [1.807, 2.05) is 49.4 Å². The highest BCUT2D eigenvalue weighted by molar-refractivity contribution is 8.00. The van der Waals surface area contributed by atoms with Gasteiger partial charge in [-0.05, 0) is 54.4 Å². The van der Waals surface area contributed by atoms with Crippen LogP contribution in [0.3, 0.4) is 0 Å². The van der Waals surface area contributed by atoms with E-state index < -0.39 is 5.41 Å². The van der Waals surface area contributed by atoms with E-state index in [9.17, 15) is 14.0 Å². The number of amides is 2. The van der Waals surface area contributed by atoms with Gasteiger partial charge in [-0.2, -0.15) is 5.10 Å². The lowest BCUT2D eigenvalue weighted by Gasteiger charge is -2.24. The maximum Gasteiger partial charge on any atom is 0.240 e. The minimum Gasteiger partial charge on any atom is -0.350 e. The van der Waals surface area contributed by atoms with Crippen molar-refractivity contribution in [3.05, 3.63) is 107 Å². The van der Waals surface area contributed by atoms with Crippen LogP contribution in [0.5, 0.6) is 0 Å². The van der Waals surface area contributed by atoms with Crippen molar-refractivity contribution < 1.29 is 14.0 Å². The number of hydrogen-bond acceptors (Lipinski definition) is 5. The normalized spacial score (nSPS) is 15.5. The monoisotopic (exact) mass is 557 g/mol. The quantitative estimate of drug-likeness (QED) is 0.339. The van der Waals surface area contributed by atoms with E-state index in [-0.39, 0.29) is 35.2 Å². The molecule has 1 atom stereocenters. The van der Waals surface area contributed by atoms with Gasteiger partial charge in [-0.3, -0.25) is 19.5 Å². The zero-order chi connectivity index (χ0) is 28.4. The number of halogens is 1. The van der Waals surface area contributed by atoms with Gasteiger partial charge in [-0.25, -0.2) is 9.07 Å². The van der Waals surface area contributed by atoms with Crippen LogP contribution in [0.25, 0.3) is 5.69 Å². The molecule has 7 nitrogen and oxygen atoms in total. The van der Waals surface area contributed by atoms with Crippen LogP contribution in [0, 0.1) is 12.7 Å². The molecule has 1 aliphatic rings. The summed E-state index contributed by atoms with van der Waals surface area (Å²) < 4.78 is 16.2. The molecular formula is C31H32FN5O2S. The van der Waals surface area contributed by atoms with Crippen LogP contribution >= 0.6 is 11.8 Å². The Morgan fingerprint density at radius 2 is 1.82 bits per heavy atom. The number of nitrogens with one attached hydrogen (secondary N) is 1. The van der Waals surface area contributed by atoms with E-state index in [1.54, 1.807) is 23.1 Å². The van der Waals surface area contributed by atoms with Gasteiger partial charge in [0.2, 0.25) is 11.8 Å². The number of thioether (sulfide) groups is 1. The standard InChI is InChI=1S/C31H32FN5O2S/c1-20-8-10-24(11-9-20)37-30-27(29(35-37)31(2,3)4)28(22-6-5-7-23(32)16-22)40-19-26(39)36(30)18-25(38)34-17-21-12-14-33-15-13-21/h5-16,28H,17-19H2,1-4H3,(H,34,38)/t28-/m1/s1. The van der Waals surface area contributed by atoms with Crippen LogP contribution in [-0.2, 0) is 21.5 Å². The van der Waals surface area contributed by atoms with Crippen LogP contribution in [-0.4, -0.2) is 38.9 Å². The first-order chi connectivity index (χ1) is 19.1. The fourth-order valence-electron chi connectivity index (χ4n) is 4.77. The zero-order valence-electron chi connectivity index (χ0n) is 23.0. The number of pyridine rings is 1. The van der Waals surface area contributed by atoms with Gasteiger partial charge in [0.15, 0.2) is 0 Å². The highest BCUT2D eigenvalue weighted by atomic mass is 32.2. The molecule has 0 fully saturated rings. The van der Waals surface area contributed by atoms with Gasteiger partial charge < -0.3 is 5.32 Å². The SMILES string of the molecule is Cc1ccc(-n2nc(C(C)(C)C)c3c2N(CC(=O)NCc2ccncc2)C(=O)CS[C@@H]3c2cccc(F)c2)cc1. The number of benzene rings is 2. The molecule has 5 rings (SSSR count). The van der Waals surface area contributed by atoms with Crippen LogP contribution in [0.2, 0.25) is 0 Å². The fraction of sp³-hybridized carbons (Fsp3) is 0.290. The summed E-state index contributed by atoms with van der Waals surface area (Å²) in [4.78, 5) is 32.5. The summed E-state index contributed by atoms with van der Waals surface area (Å²) in [6.07, 6.45) is 3.34. The van der Waals surface area contributed by atoms with Crippen molar-refractivity contribution in [2.45, 2.75) is 44.9 Å². The number of fused-ring (bicyclic) bond motifs is 1. The van der Waals surface area contributed by atoms with Crippen molar-refractivity contribution in [1.82, 2.24) is 20.1 Å². The molecule has 2 amide bonds. The Morgan fingerprint density at radius 3 is 2.50 bits per heavy atom. The molecule has 0 unspecified atom stereocenters. The number of carbonyl (C=O) groups excluding carboxylic acids is 2. The first-order valence-electron chi connectivity index (χ1n) is 13.2. The highest BCUT2D eigenvalue weighted by Gasteiger charge is 2.40. The summed E-state index contributed by atoms with van der Waals surface area (Å²) in [5.41, 5.74) is 4.74. The molecule has 0 saturated heterocycles. The average molecular weight is 558 g/mol. The third-order valence-corrected chi connectivity index (χ3v) is 8.02. The van der Waals surface area contributed by atoms with Gasteiger partial charge in [0.05, 0.1) is 22.4 Å². The van der Waals surface area contributed by atoms with Crippen LogP contribution in [0.4, 0.5) is 10.2 Å². The topological polar surface area (TPSA) is 80.1 Å². The van der Waals surface area contributed by atoms with Gasteiger partial charge >= 0.3 is 0 Å². The first-order valence-corrected chi connectivity index (χ1v) is 14.2. The molecule has 0 spiro atoms. The minimum atomic E-state index is -0.394. The summed E-state index contributed by atoms with van der Waals surface area (Å²) in [6.45, 7) is 8.37. The maximum atomic E-state index is 14.4. The van der Waals surface area contributed by atoms with E-state index >= 15 is 0 Å². The molecule has 0 aliphatic carbocycles. The highest BCUT2D eigenvalue weighted by Crippen LogP contribution is 2.48. The lowest BCUT2D eigenvalue weighted by atomic mass is 9.87. The molecule has 1 N–H and O–H groups in total. The third kappa shape index (κ3) is 5.79. The fourth-order valence-corrected chi connectivity index (χ4v) is 5.96. The zero-order valence-corrected chi connectivity index (χ0v) is 23.8. The van der Waals surface area contributed by atoms with Crippen molar-refractivity contribution in [1.29, 1.82) is 0 Å². The van der Waals surface area contributed by atoms with Crippen molar-refractivity contribution in [2.75, 3.05) is 17.2 Å². The molecule has 2 aromatic heterocycles. The summed E-state index contributed by atoms with van der Waals surface area (Å²) >= 11 is 1.43. The Bertz CT molecular complexity index is 1530. The Balaban J connectivity index is 1.65. The second kappa shape index (κ2) is 11.3. The molecule has 3 heterocycles. The molecular weight excluding hydrogens is 525 g/mol. The van der Waals surface area contributed by atoms with Gasteiger partial charge in [0.1, 0.15) is 18.2 Å². The van der Waals surface area contributed by atoms with Gasteiger partial charge in [0, 0.05) is 29.9 Å². The predicted molar refractivity (Wildman–Crippen MR) is 156 cm³/mol.